The molecule has 0 aromatic carbocycles. The summed E-state index contributed by atoms with van der Waals surface area (Å²) in [6.45, 7) is 4.14. The molecule has 4 rings (SSSR count). The summed E-state index contributed by atoms with van der Waals surface area (Å²) >= 11 is 0. The van der Waals surface area contributed by atoms with Gasteiger partial charge < -0.3 is 10.2 Å². The normalized spacial score (nSPS) is 33.8. The second-order valence-corrected chi connectivity index (χ2v) is 8.03. The molecule has 4 nitrogen and oxygen atoms in total. The highest BCUT2D eigenvalue weighted by Gasteiger charge is 2.35. The Balaban J connectivity index is 0.00000104. The second-order valence-electron chi connectivity index (χ2n) is 8.03. The van der Waals surface area contributed by atoms with Gasteiger partial charge in [-0.25, -0.2) is 0 Å². The molecule has 24 heavy (non-hydrogen) atoms. The van der Waals surface area contributed by atoms with E-state index in [2.05, 4.69) is 15.1 Å². The lowest BCUT2D eigenvalue weighted by Gasteiger charge is -2.39. The van der Waals surface area contributed by atoms with Crippen LogP contribution in [0.5, 0.6) is 0 Å². The number of hydrogen-bond donors (Lipinski definition) is 1. The minimum Gasteiger partial charge on any atom is -0.340 e. The van der Waals surface area contributed by atoms with Crippen molar-refractivity contribution in [2.75, 3.05) is 26.2 Å². The minimum atomic E-state index is 0. The molecule has 2 atom stereocenters. The lowest BCUT2D eigenvalue weighted by atomic mass is 9.89. The van der Waals surface area contributed by atoms with Gasteiger partial charge in [-0.05, 0) is 44.4 Å². The van der Waals surface area contributed by atoms with E-state index in [0.717, 1.165) is 38.6 Å². The van der Waals surface area contributed by atoms with Gasteiger partial charge in [-0.2, -0.15) is 0 Å². The molecule has 1 amide bonds. The number of nitrogens with one attached hydrogen (secondary N) is 1. The molecule has 3 saturated heterocycles. The minimum absolute atomic E-state index is 0. The van der Waals surface area contributed by atoms with Gasteiger partial charge in [0.15, 0.2) is 0 Å². The molecule has 0 spiro atoms. The Hall–Kier alpha value is -0.0300. The predicted molar refractivity (Wildman–Crippen MR) is 102 cm³/mol. The van der Waals surface area contributed by atoms with E-state index in [4.69, 9.17) is 0 Å². The van der Waals surface area contributed by atoms with Gasteiger partial charge >= 0.3 is 0 Å². The smallest absolute Gasteiger partial charge is 0.222 e. The third kappa shape index (κ3) is 4.57. The van der Waals surface area contributed by atoms with Crippen LogP contribution in [-0.4, -0.2) is 60.0 Å². The summed E-state index contributed by atoms with van der Waals surface area (Å²) in [4.78, 5) is 17.4. The van der Waals surface area contributed by atoms with Crippen molar-refractivity contribution < 1.29 is 4.79 Å². The fraction of sp³-hybridized carbons (Fsp3) is 0.944. The van der Waals surface area contributed by atoms with Crippen molar-refractivity contribution in [1.29, 1.82) is 0 Å². The van der Waals surface area contributed by atoms with Crippen LogP contribution in [0.3, 0.4) is 0 Å². The zero-order valence-corrected chi connectivity index (χ0v) is 16.3. The first-order valence-electron chi connectivity index (χ1n) is 9.56. The molecule has 1 N–H and O–H groups in total. The van der Waals surface area contributed by atoms with E-state index >= 15 is 0 Å². The summed E-state index contributed by atoms with van der Waals surface area (Å²) in [5.74, 6) is 1.07. The number of piperazine rings is 1. The molecule has 3 heterocycles. The van der Waals surface area contributed by atoms with E-state index in [1.165, 1.54) is 51.4 Å². The maximum absolute atomic E-state index is 12.6. The highest BCUT2D eigenvalue weighted by Crippen LogP contribution is 2.33. The number of carbonyl (C=O) groups excluding carboxylic acids is 1. The van der Waals surface area contributed by atoms with Gasteiger partial charge in [0.05, 0.1) is 0 Å². The predicted octanol–water partition coefficient (Wildman–Crippen LogP) is 2.84. The van der Waals surface area contributed by atoms with Crippen LogP contribution in [0.25, 0.3) is 0 Å². The molecule has 0 aromatic rings. The quantitative estimate of drug-likeness (QED) is 0.820. The number of halogens is 2. The molecule has 2 unspecified atom stereocenters. The maximum Gasteiger partial charge on any atom is 0.222 e. The van der Waals surface area contributed by atoms with Gasteiger partial charge in [0.25, 0.3) is 0 Å². The fourth-order valence-electron chi connectivity index (χ4n) is 5.32. The van der Waals surface area contributed by atoms with Crippen LogP contribution < -0.4 is 5.32 Å². The molecule has 4 aliphatic rings. The Morgan fingerprint density at radius 2 is 1.46 bits per heavy atom. The highest BCUT2D eigenvalue weighted by molar-refractivity contribution is 5.85. The van der Waals surface area contributed by atoms with Crippen LogP contribution in [0.4, 0.5) is 0 Å². The van der Waals surface area contributed by atoms with Gasteiger partial charge in [0.1, 0.15) is 0 Å². The molecule has 6 heteroatoms. The molecule has 1 saturated carbocycles. The van der Waals surface area contributed by atoms with E-state index < -0.39 is 0 Å². The molecule has 2 bridgehead atoms. The molecule has 3 aliphatic heterocycles. The lowest BCUT2D eigenvalue weighted by molar-refractivity contribution is -0.134. The number of nitrogens with zero attached hydrogens (tertiary/aromatic N) is 2. The van der Waals surface area contributed by atoms with Gasteiger partial charge in [-0.3, -0.25) is 9.69 Å². The van der Waals surface area contributed by atoms with Crippen LogP contribution in [0.2, 0.25) is 0 Å². The molecule has 4 fully saturated rings. The van der Waals surface area contributed by atoms with Crippen LogP contribution in [0.15, 0.2) is 0 Å². The molecule has 0 radical (unpaired) electrons. The number of amides is 1. The topological polar surface area (TPSA) is 35.6 Å². The van der Waals surface area contributed by atoms with Gasteiger partial charge in [-0.15, -0.1) is 24.8 Å². The molecule has 140 valence electrons. The Labute approximate surface area is 158 Å². The van der Waals surface area contributed by atoms with Crippen molar-refractivity contribution in [1.82, 2.24) is 15.1 Å². The van der Waals surface area contributed by atoms with E-state index in [1.54, 1.807) is 0 Å². The molecular formula is C18H33Cl2N3O. The van der Waals surface area contributed by atoms with Crippen molar-refractivity contribution in [3.63, 3.8) is 0 Å². The highest BCUT2D eigenvalue weighted by atomic mass is 35.5. The Kier molecular flexibility index (Phi) is 7.66. The molecule has 1 aliphatic carbocycles. The van der Waals surface area contributed by atoms with E-state index in [0.29, 0.717) is 23.9 Å². The van der Waals surface area contributed by atoms with E-state index in [1.807, 2.05) is 0 Å². The van der Waals surface area contributed by atoms with E-state index in [9.17, 15) is 4.79 Å². The average molecular weight is 378 g/mol. The Bertz CT molecular complexity index is 397. The first-order chi connectivity index (χ1) is 10.8. The summed E-state index contributed by atoms with van der Waals surface area (Å²) in [6, 6.07) is 2.23. The van der Waals surface area contributed by atoms with E-state index in [-0.39, 0.29) is 24.8 Å². The van der Waals surface area contributed by atoms with Gasteiger partial charge in [-0.1, -0.05) is 12.8 Å². The molecule has 0 aromatic heterocycles. The van der Waals surface area contributed by atoms with Crippen molar-refractivity contribution >= 4 is 30.7 Å². The fourth-order valence-corrected chi connectivity index (χ4v) is 5.32. The monoisotopic (exact) mass is 377 g/mol. The number of fused-ring (bicyclic) bond motifs is 2. The first-order valence-corrected chi connectivity index (χ1v) is 9.56. The van der Waals surface area contributed by atoms with Gasteiger partial charge in [0.2, 0.25) is 5.91 Å². The van der Waals surface area contributed by atoms with Gasteiger partial charge in [0, 0.05) is 50.7 Å². The third-order valence-corrected chi connectivity index (χ3v) is 6.54. The number of hydrogen-bond acceptors (Lipinski definition) is 3. The lowest BCUT2D eigenvalue weighted by Crippen LogP contribution is -2.52. The summed E-state index contributed by atoms with van der Waals surface area (Å²) in [5.41, 5.74) is 0. The maximum atomic E-state index is 12.6. The largest absolute Gasteiger partial charge is 0.340 e. The van der Waals surface area contributed by atoms with Crippen LogP contribution in [0.1, 0.15) is 57.8 Å². The summed E-state index contributed by atoms with van der Waals surface area (Å²) < 4.78 is 0. The van der Waals surface area contributed by atoms with Crippen LogP contribution in [0, 0.1) is 5.92 Å². The SMILES string of the molecule is Cl.Cl.O=C(CC1CC2CCC(C1)N2)N1CCN(C2CCCC2)CC1. The standard InChI is InChI=1S/C18H31N3O.2ClH/c22-18(13-14-11-15-5-6-16(12-14)19-15)21-9-7-20(8-10-21)17-3-1-2-4-17;;/h14-17,19H,1-13H2;2*1H. The van der Waals surface area contributed by atoms with Crippen molar-refractivity contribution in [3.05, 3.63) is 0 Å². The number of carbonyl (C=O) groups is 1. The zero-order chi connectivity index (χ0) is 14.9. The average Bonchev–Trinajstić information content (AvgIpc) is 3.17. The first kappa shape index (κ1) is 20.3. The van der Waals surface area contributed by atoms with Crippen LogP contribution in [-0.2, 0) is 4.79 Å². The van der Waals surface area contributed by atoms with Crippen LogP contribution >= 0.6 is 24.8 Å². The summed E-state index contributed by atoms with van der Waals surface area (Å²) in [7, 11) is 0. The zero-order valence-electron chi connectivity index (χ0n) is 14.6. The molecular weight excluding hydrogens is 345 g/mol. The number of piperidine rings is 1. The third-order valence-electron chi connectivity index (χ3n) is 6.54. The number of rotatable bonds is 3. The Morgan fingerprint density at radius 1 is 0.875 bits per heavy atom. The van der Waals surface area contributed by atoms with Crippen molar-refractivity contribution in [3.8, 4) is 0 Å². The van der Waals surface area contributed by atoms with Crippen molar-refractivity contribution in [2.24, 2.45) is 5.92 Å². The van der Waals surface area contributed by atoms with Crippen molar-refractivity contribution in [2.45, 2.75) is 75.9 Å². The summed E-state index contributed by atoms with van der Waals surface area (Å²) in [6.07, 6.45) is 11.5. The summed E-state index contributed by atoms with van der Waals surface area (Å²) in [5, 5.41) is 3.68. The second kappa shape index (κ2) is 9.07. The Morgan fingerprint density at radius 3 is 2.04 bits per heavy atom.